The molecule has 1 rings (SSSR count). The van der Waals surface area contributed by atoms with E-state index in [-0.39, 0.29) is 19.0 Å². The van der Waals surface area contributed by atoms with Gasteiger partial charge in [0, 0.05) is 21.7 Å². The minimum absolute atomic E-state index is 0.0914. The van der Waals surface area contributed by atoms with Gasteiger partial charge in [0.15, 0.2) is 0 Å². The summed E-state index contributed by atoms with van der Waals surface area (Å²) in [5.41, 5.74) is 0.952. The van der Waals surface area contributed by atoms with Gasteiger partial charge in [-0.1, -0.05) is 17.7 Å². The average molecular weight is 383 g/mol. The van der Waals surface area contributed by atoms with Crippen LogP contribution in [-0.4, -0.2) is 23.7 Å². The molecule has 0 aliphatic carbocycles. The van der Waals surface area contributed by atoms with E-state index >= 15 is 0 Å². The second-order valence-electron chi connectivity index (χ2n) is 3.49. The van der Waals surface area contributed by atoms with Crippen LogP contribution in [0.2, 0.25) is 5.02 Å². The standard InChI is InChI=1S/C11H12ClIN2O3/c12-8-2-1-7(9(13)5-8)6-15-11(18)14-4-3-10(16)17/h1-2,5H,3-4,6H2,(H,16,17)(H2,14,15,18). The SMILES string of the molecule is O=C(O)CCNC(=O)NCc1ccc(Cl)cc1I. The molecule has 0 aliphatic heterocycles. The summed E-state index contributed by atoms with van der Waals surface area (Å²) in [6.45, 7) is 0.479. The van der Waals surface area contributed by atoms with Gasteiger partial charge in [-0.3, -0.25) is 4.79 Å². The zero-order valence-electron chi connectivity index (χ0n) is 9.37. The van der Waals surface area contributed by atoms with Crippen LogP contribution in [0.4, 0.5) is 4.79 Å². The van der Waals surface area contributed by atoms with Gasteiger partial charge in [0.25, 0.3) is 0 Å². The molecule has 0 radical (unpaired) electrons. The van der Waals surface area contributed by atoms with Crippen molar-refractivity contribution in [1.82, 2.24) is 10.6 Å². The van der Waals surface area contributed by atoms with Crippen molar-refractivity contribution in [3.63, 3.8) is 0 Å². The number of hydrogen-bond acceptors (Lipinski definition) is 2. The quantitative estimate of drug-likeness (QED) is 0.683. The molecule has 0 saturated heterocycles. The number of aliphatic carboxylic acids is 1. The fourth-order valence-corrected chi connectivity index (χ4v) is 2.25. The van der Waals surface area contributed by atoms with Gasteiger partial charge in [0.2, 0.25) is 0 Å². The number of halogens is 2. The lowest BCUT2D eigenvalue weighted by atomic mass is 10.2. The average Bonchev–Trinajstić information content (AvgIpc) is 2.27. The highest BCUT2D eigenvalue weighted by Gasteiger charge is 2.04. The maximum absolute atomic E-state index is 11.3. The van der Waals surface area contributed by atoms with Crippen LogP contribution in [0.25, 0.3) is 0 Å². The third kappa shape index (κ3) is 5.54. The fourth-order valence-electron chi connectivity index (χ4n) is 1.19. The number of benzene rings is 1. The van der Waals surface area contributed by atoms with Crippen molar-refractivity contribution in [3.8, 4) is 0 Å². The predicted molar refractivity (Wildman–Crippen MR) is 76.7 cm³/mol. The second kappa shape index (κ2) is 7.42. The van der Waals surface area contributed by atoms with Gasteiger partial charge in [-0.15, -0.1) is 0 Å². The Hall–Kier alpha value is -1.02. The van der Waals surface area contributed by atoms with Gasteiger partial charge >= 0.3 is 12.0 Å². The lowest BCUT2D eigenvalue weighted by Crippen LogP contribution is -2.36. The molecule has 0 unspecified atom stereocenters. The first-order valence-electron chi connectivity index (χ1n) is 5.16. The molecular formula is C11H12ClIN2O3. The van der Waals surface area contributed by atoms with E-state index in [9.17, 15) is 9.59 Å². The van der Waals surface area contributed by atoms with Crippen LogP contribution >= 0.6 is 34.2 Å². The van der Waals surface area contributed by atoms with Crippen LogP contribution in [0.1, 0.15) is 12.0 Å². The Labute approximate surface area is 123 Å². The van der Waals surface area contributed by atoms with Gasteiger partial charge in [0.05, 0.1) is 6.42 Å². The Balaban J connectivity index is 2.36. The maximum atomic E-state index is 11.3. The van der Waals surface area contributed by atoms with Crippen LogP contribution in [0.5, 0.6) is 0 Å². The molecule has 0 bridgehead atoms. The number of rotatable bonds is 5. The molecule has 0 aliphatic rings. The smallest absolute Gasteiger partial charge is 0.315 e. The molecule has 2 amide bonds. The van der Waals surface area contributed by atoms with Crippen molar-refractivity contribution in [3.05, 3.63) is 32.4 Å². The number of carboxylic acid groups (broad SMARTS) is 1. The third-order valence-electron chi connectivity index (χ3n) is 2.08. The summed E-state index contributed by atoms with van der Waals surface area (Å²) in [6.07, 6.45) is -0.0914. The molecule has 0 fully saturated rings. The van der Waals surface area contributed by atoms with Crippen LogP contribution in [0.15, 0.2) is 18.2 Å². The Morgan fingerprint density at radius 2 is 2.06 bits per heavy atom. The van der Waals surface area contributed by atoms with Crippen molar-refractivity contribution in [2.75, 3.05) is 6.54 Å². The molecule has 1 aromatic carbocycles. The molecule has 0 aromatic heterocycles. The summed E-state index contributed by atoms with van der Waals surface area (Å²) in [6, 6.07) is 5.01. The van der Waals surface area contributed by atoms with E-state index in [0.717, 1.165) is 9.13 Å². The highest BCUT2D eigenvalue weighted by atomic mass is 127. The largest absolute Gasteiger partial charge is 0.481 e. The maximum Gasteiger partial charge on any atom is 0.315 e. The zero-order chi connectivity index (χ0) is 13.5. The van der Waals surface area contributed by atoms with Gasteiger partial charge < -0.3 is 15.7 Å². The highest BCUT2D eigenvalue weighted by Crippen LogP contribution is 2.17. The summed E-state index contributed by atoms with van der Waals surface area (Å²) in [5.74, 6) is -0.942. The van der Waals surface area contributed by atoms with Crippen LogP contribution in [-0.2, 0) is 11.3 Å². The lowest BCUT2D eigenvalue weighted by molar-refractivity contribution is -0.136. The summed E-state index contributed by atoms with van der Waals surface area (Å²) < 4.78 is 0.964. The number of nitrogens with one attached hydrogen (secondary N) is 2. The van der Waals surface area contributed by atoms with Crippen LogP contribution in [0.3, 0.4) is 0 Å². The van der Waals surface area contributed by atoms with Gasteiger partial charge in [-0.2, -0.15) is 0 Å². The second-order valence-corrected chi connectivity index (χ2v) is 5.09. The minimum Gasteiger partial charge on any atom is -0.481 e. The first-order chi connectivity index (χ1) is 8.49. The zero-order valence-corrected chi connectivity index (χ0v) is 12.3. The monoisotopic (exact) mass is 382 g/mol. The van der Waals surface area contributed by atoms with Crippen molar-refractivity contribution in [2.24, 2.45) is 0 Å². The molecule has 1 aromatic rings. The van der Waals surface area contributed by atoms with E-state index < -0.39 is 5.97 Å². The van der Waals surface area contributed by atoms with Crippen molar-refractivity contribution in [2.45, 2.75) is 13.0 Å². The van der Waals surface area contributed by atoms with Crippen molar-refractivity contribution >= 4 is 46.2 Å². The lowest BCUT2D eigenvalue weighted by Gasteiger charge is -2.08. The number of urea groups is 1. The molecule has 18 heavy (non-hydrogen) atoms. The molecule has 0 saturated carbocycles. The predicted octanol–water partition coefficient (Wildman–Crippen LogP) is 2.22. The number of hydrogen-bond donors (Lipinski definition) is 3. The molecule has 5 nitrogen and oxygen atoms in total. The Bertz CT molecular complexity index is 454. The van der Waals surface area contributed by atoms with Crippen molar-refractivity contribution in [1.29, 1.82) is 0 Å². The molecular weight excluding hydrogens is 370 g/mol. The van der Waals surface area contributed by atoms with E-state index in [4.69, 9.17) is 16.7 Å². The summed E-state index contributed by atoms with van der Waals surface area (Å²) in [4.78, 5) is 21.6. The Morgan fingerprint density at radius 1 is 1.33 bits per heavy atom. The Morgan fingerprint density at radius 3 is 2.67 bits per heavy atom. The summed E-state index contributed by atoms with van der Waals surface area (Å²) in [7, 11) is 0. The fraction of sp³-hybridized carbons (Fsp3) is 0.273. The summed E-state index contributed by atoms with van der Waals surface area (Å²) in [5, 5.41) is 14.2. The number of carboxylic acids is 1. The first kappa shape index (κ1) is 15.0. The molecule has 7 heteroatoms. The molecule has 98 valence electrons. The van der Waals surface area contributed by atoms with Gasteiger partial charge in [-0.25, -0.2) is 4.79 Å². The van der Waals surface area contributed by atoms with Crippen molar-refractivity contribution < 1.29 is 14.7 Å². The van der Waals surface area contributed by atoms with Gasteiger partial charge in [0.1, 0.15) is 0 Å². The van der Waals surface area contributed by atoms with E-state index in [1.54, 1.807) is 6.07 Å². The van der Waals surface area contributed by atoms with E-state index in [0.29, 0.717) is 11.6 Å². The Kier molecular flexibility index (Phi) is 6.20. The van der Waals surface area contributed by atoms with E-state index in [1.165, 1.54) is 0 Å². The summed E-state index contributed by atoms with van der Waals surface area (Å²) >= 11 is 7.95. The number of carbonyl (C=O) groups excluding carboxylic acids is 1. The molecule has 0 spiro atoms. The highest BCUT2D eigenvalue weighted by molar-refractivity contribution is 14.1. The third-order valence-corrected chi connectivity index (χ3v) is 3.32. The van der Waals surface area contributed by atoms with Gasteiger partial charge in [-0.05, 0) is 40.3 Å². The topological polar surface area (TPSA) is 78.4 Å². The number of carbonyl (C=O) groups is 2. The van der Waals surface area contributed by atoms with Crippen LogP contribution < -0.4 is 10.6 Å². The molecule has 3 N–H and O–H groups in total. The van der Waals surface area contributed by atoms with E-state index in [2.05, 4.69) is 33.2 Å². The van der Waals surface area contributed by atoms with E-state index in [1.807, 2.05) is 12.1 Å². The normalized spacial score (nSPS) is 9.89. The number of amides is 2. The molecule has 0 atom stereocenters. The molecule has 0 heterocycles. The minimum atomic E-state index is -0.942. The van der Waals surface area contributed by atoms with Crippen LogP contribution in [0, 0.1) is 3.57 Å². The first-order valence-corrected chi connectivity index (χ1v) is 6.62.